The molecular weight excluding hydrogens is 503 g/mol. The molecule has 1 aliphatic heterocycles. The normalized spacial score (nSPS) is 16.1. The van der Waals surface area contributed by atoms with Gasteiger partial charge in [0, 0.05) is 41.3 Å². The molecule has 3 aromatic rings. The molecule has 4 rings (SSSR count). The molecule has 0 saturated carbocycles. The monoisotopic (exact) mass is 533 g/mol. The molecule has 1 aromatic carbocycles. The van der Waals surface area contributed by atoms with Crippen LogP contribution in [0.25, 0.3) is 10.6 Å². The van der Waals surface area contributed by atoms with E-state index in [1.54, 1.807) is 25.3 Å². The van der Waals surface area contributed by atoms with Gasteiger partial charge in [0.2, 0.25) is 0 Å². The van der Waals surface area contributed by atoms with E-state index in [1.807, 2.05) is 13.0 Å². The van der Waals surface area contributed by atoms with E-state index in [0.717, 1.165) is 47.6 Å². The predicted octanol–water partition coefficient (Wildman–Crippen LogP) is 5.67. The van der Waals surface area contributed by atoms with Gasteiger partial charge >= 0.3 is 6.18 Å². The van der Waals surface area contributed by atoms with E-state index in [1.165, 1.54) is 11.3 Å². The lowest BCUT2D eigenvalue weighted by molar-refractivity contribution is -0.141. The number of aromatic nitrogens is 3. The molecule has 1 amide bonds. The minimum atomic E-state index is -4.57. The first-order valence-corrected chi connectivity index (χ1v) is 13.0. The Balaban J connectivity index is 1.53. The Hall–Kier alpha value is -3.05. The van der Waals surface area contributed by atoms with Gasteiger partial charge in [-0.2, -0.15) is 13.2 Å². The molecule has 7 nitrogen and oxygen atoms in total. The summed E-state index contributed by atoms with van der Waals surface area (Å²) in [6, 6.07) is 5.17. The van der Waals surface area contributed by atoms with Crippen molar-refractivity contribution < 1.29 is 22.7 Å². The maximum atomic E-state index is 13.2. The number of amides is 1. The number of carbonyl (C=O) groups is 1. The minimum Gasteiger partial charge on any atom is -0.490 e. The molecule has 0 radical (unpaired) electrons. The molecule has 0 spiro atoms. The van der Waals surface area contributed by atoms with E-state index in [-0.39, 0.29) is 11.8 Å². The molecule has 1 atom stereocenters. The van der Waals surface area contributed by atoms with Gasteiger partial charge in [0.05, 0.1) is 24.1 Å². The van der Waals surface area contributed by atoms with Gasteiger partial charge in [0.1, 0.15) is 16.9 Å². The summed E-state index contributed by atoms with van der Waals surface area (Å²) >= 11 is 1.52. The number of hydrogen-bond donors (Lipinski definition) is 1. The van der Waals surface area contributed by atoms with Crippen molar-refractivity contribution in [1.29, 1.82) is 0 Å². The molecule has 2 aromatic heterocycles. The molecular formula is C26H30F3N5O2S. The number of ether oxygens (including phenoxy) is 1. The van der Waals surface area contributed by atoms with Gasteiger partial charge < -0.3 is 15.0 Å². The quantitative estimate of drug-likeness (QED) is 0.422. The van der Waals surface area contributed by atoms with Crippen LogP contribution in [0.1, 0.15) is 66.3 Å². The number of piperidine rings is 1. The number of nitrogens with zero attached hydrogens (tertiary/aromatic N) is 4. The van der Waals surface area contributed by atoms with Gasteiger partial charge in [-0.15, -0.1) is 11.3 Å². The second-order valence-corrected chi connectivity index (χ2v) is 10.7. The van der Waals surface area contributed by atoms with Crippen LogP contribution in [0.15, 0.2) is 36.8 Å². The molecule has 198 valence electrons. The summed E-state index contributed by atoms with van der Waals surface area (Å²) in [7, 11) is 0. The van der Waals surface area contributed by atoms with Crippen LogP contribution in [0.5, 0.6) is 5.75 Å². The number of nitrogens with one attached hydrogen (secondary N) is 1. The summed E-state index contributed by atoms with van der Waals surface area (Å²) in [4.78, 5) is 28.4. The molecule has 0 bridgehead atoms. The van der Waals surface area contributed by atoms with Crippen LogP contribution >= 0.6 is 11.3 Å². The fraction of sp³-hybridized carbons (Fsp3) is 0.462. The lowest BCUT2D eigenvalue weighted by atomic mass is 10.1. The molecule has 0 unspecified atom stereocenters. The van der Waals surface area contributed by atoms with Gasteiger partial charge in [-0.1, -0.05) is 0 Å². The summed E-state index contributed by atoms with van der Waals surface area (Å²) in [6.07, 6.45) is 0.726. The third-order valence-electron chi connectivity index (χ3n) is 6.30. The average Bonchev–Trinajstić information content (AvgIpc) is 3.30. The third kappa shape index (κ3) is 6.84. The molecule has 11 heteroatoms. The van der Waals surface area contributed by atoms with Gasteiger partial charge in [-0.3, -0.25) is 9.78 Å². The maximum absolute atomic E-state index is 13.2. The highest BCUT2D eigenvalue weighted by Crippen LogP contribution is 2.31. The molecule has 0 aliphatic carbocycles. The van der Waals surface area contributed by atoms with Crippen molar-refractivity contribution >= 4 is 17.2 Å². The smallest absolute Gasteiger partial charge is 0.434 e. The molecule has 37 heavy (non-hydrogen) atoms. The highest BCUT2D eigenvalue weighted by Gasteiger charge is 2.33. The number of carbonyl (C=O) groups excluding carboxylic acids is 1. The number of benzene rings is 1. The van der Waals surface area contributed by atoms with Crippen LogP contribution in [0, 0.1) is 6.92 Å². The summed E-state index contributed by atoms with van der Waals surface area (Å²) in [6.45, 7) is 9.87. The van der Waals surface area contributed by atoms with Crippen molar-refractivity contribution in [2.24, 2.45) is 0 Å². The molecule has 1 fully saturated rings. The van der Waals surface area contributed by atoms with Crippen LogP contribution in [0.2, 0.25) is 0 Å². The van der Waals surface area contributed by atoms with E-state index in [0.29, 0.717) is 23.6 Å². The zero-order valence-electron chi connectivity index (χ0n) is 21.2. The highest BCUT2D eigenvalue weighted by atomic mass is 32.1. The summed E-state index contributed by atoms with van der Waals surface area (Å²) in [5.74, 6) is 0.185. The van der Waals surface area contributed by atoms with E-state index >= 15 is 0 Å². The molecule has 1 N–H and O–H groups in total. The van der Waals surface area contributed by atoms with Crippen molar-refractivity contribution in [3.8, 4) is 16.3 Å². The van der Waals surface area contributed by atoms with Crippen LogP contribution < -0.4 is 10.1 Å². The van der Waals surface area contributed by atoms with Crippen molar-refractivity contribution in [2.75, 3.05) is 13.1 Å². The van der Waals surface area contributed by atoms with Crippen LogP contribution in [-0.4, -0.2) is 51.0 Å². The van der Waals surface area contributed by atoms with Crippen molar-refractivity contribution in [3.63, 3.8) is 0 Å². The second-order valence-electron chi connectivity index (χ2n) is 9.49. The van der Waals surface area contributed by atoms with Gasteiger partial charge in [0.15, 0.2) is 5.69 Å². The Morgan fingerprint density at radius 2 is 1.81 bits per heavy atom. The van der Waals surface area contributed by atoms with Gasteiger partial charge in [0.25, 0.3) is 5.91 Å². The first kappa shape index (κ1) is 27.0. The Labute approximate surface area is 218 Å². The number of likely N-dealkylation sites (tertiary alicyclic amines) is 1. The lowest BCUT2D eigenvalue weighted by Gasteiger charge is -2.34. The van der Waals surface area contributed by atoms with Gasteiger partial charge in [-0.05, 0) is 58.7 Å². The number of halogens is 3. The Morgan fingerprint density at radius 1 is 1.08 bits per heavy atom. The Kier molecular flexibility index (Phi) is 8.13. The number of hydrogen-bond acceptors (Lipinski definition) is 7. The van der Waals surface area contributed by atoms with E-state index in [9.17, 15) is 18.0 Å². The van der Waals surface area contributed by atoms with Crippen molar-refractivity contribution in [1.82, 2.24) is 25.2 Å². The second kappa shape index (κ2) is 11.1. The van der Waals surface area contributed by atoms with Crippen molar-refractivity contribution in [2.45, 2.75) is 64.9 Å². The maximum Gasteiger partial charge on any atom is 0.434 e. The SMILES string of the molecule is Cc1cnc(-c2cc(OC3CCN(C(C)C)CC3)cc(C(=O)N[C@H](C)c3cnc(C(F)(F)F)cn3)c2)s1. The zero-order chi connectivity index (χ0) is 26.7. The third-order valence-corrected chi connectivity index (χ3v) is 7.26. The van der Waals surface area contributed by atoms with Crippen molar-refractivity contribution in [3.05, 3.63) is 58.6 Å². The fourth-order valence-electron chi connectivity index (χ4n) is 4.17. The van der Waals surface area contributed by atoms with Crippen LogP contribution in [0.3, 0.4) is 0 Å². The summed E-state index contributed by atoms with van der Waals surface area (Å²) in [5.41, 5.74) is 0.276. The number of thiazole rings is 1. The minimum absolute atomic E-state index is 0.0422. The zero-order valence-corrected chi connectivity index (χ0v) is 22.0. The van der Waals surface area contributed by atoms with Gasteiger partial charge in [-0.25, -0.2) is 9.97 Å². The standard InChI is InChI=1S/C26H30F3N5O2S/c1-15(2)34-7-5-20(6-8-34)36-21-10-18(9-19(11-21)25-32-12-16(3)37-25)24(35)33-17(4)22-13-31-23(14-30-22)26(27,28)29/h9-15,17,20H,5-8H2,1-4H3,(H,33,35)/t17-/m1/s1. The topological polar surface area (TPSA) is 80.2 Å². The van der Waals surface area contributed by atoms with Crippen LogP contribution in [0.4, 0.5) is 13.2 Å². The number of alkyl halides is 3. The lowest BCUT2D eigenvalue weighted by Crippen LogP contribution is -2.41. The Morgan fingerprint density at radius 3 is 2.38 bits per heavy atom. The summed E-state index contributed by atoms with van der Waals surface area (Å²) < 4.78 is 44.7. The first-order chi connectivity index (χ1) is 17.5. The number of rotatable bonds is 7. The highest BCUT2D eigenvalue weighted by molar-refractivity contribution is 7.14. The average molecular weight is 534 g/mol. The first-order valence-electron chi connectivity index (χ1n) is 12.2. The largest absolute Gasteiger partial charge is 0.490 e. The van der Waals surface area contributed by atoms with E-state index in [4.69, 9.17) is 4.74 Å². The fourth-order valence-corrected chi connectivity index (χ4v) is 4.93. The van der Waals surface area contributed by atoms with Crippen LogP contribution in [-0.2, 0) is 6.18 Å². The van der Waals surface area contributed by atoms with E-state index in [2.05, 4.69) is 39.0 Å². The predicted molar refractivity (Wildman–Crippen MR) is 136 cm³/mol. The Bertz CT molecular complexity index is 1220. The molecule has 1 saturated heterocycles. The van der Waals surface area contributed by atoms with E-state index < -0.39 is 23.8 Å². The number of aryl methyl sites for hydroxylation is 1. The molecule has 3 heterocycles. The summed E-state index contributed by atoms with van der Waals surface area (Å²) in [5, 5.41) is 3.57. The molecule has 1 aliphatic rings.